The van der Waals surface area contributed by atoms with Gasteiger partial charge in [0.1, 0.15) is 0 Å². The lowest BCUT2D eigenvalue weighted by Gasteiger charge is -2.22. The summed E-state index contributed by atoms with van der Waals surface area (Å²) in [5.74, 6) is 0. The lowest BCUT2D eigenvalue weighted by molar-refractivity contribution is -0.380. The van der Waals surface area contributed by atoms with Crippen molar-refractivity contribution >= 4 is 6.16 Å². The van der Waals surface area contributed by atoms with Crippen LogP contribution in [-0.2, 0) is 14.5 Å². The third-order valence-electron chi connectivity index (χ3n) is 1.37. The number of carboxylic acid groups (broad SMARTS) is 1. The largest absolute Gasteiger partial charge is 0.507 e. The molecule has 5 nitrogen and oxygen atoms in total. The fourth-order valence-corrected chi connectivity index (χ4v) is 0.902. The molecule has 0 heterocycles. The van der Waals surface area contributed by atoms with Crippen LogP contribution in [0.5, 0.6) is 0 Å². The van der Waals surface area contributed by atoms with Gasteiger partial charge in [-0.05, 0) is 20.3 Å². The quantitative estimate of drug-likeness (QED) is 0.230. The minimum absolute atomic E-state index is 0.400. The summed E-state index contributed by atoms with van der Waals surface area (Å²) >= 11 is 0. The van der Waals surface area contributed by atoms with Crippen molar-refractivity contribution in [2.45, 2.75) is 39.2 Å². The second-order valence-electron chi connectivity index (χ2n) is 3.24. The van der Waals surface area contributed by atoms with Gasteiger partial charge in [0.05, 0.1) is 5.60 Å². The number of hydrogen-bond acceptors (Lipinski definition) is 4. The van der Waals surface area contributed by atoms with Crippen molar-refractivity contribution < 1.29 is 24.4 Å². The van der Waals surface area contributed by atoms with Crippen LogP contribution in [0.2, 0.25) is 0 Å². The highest BCUT2D eigenvalue weighted by Gasteiger charge is 2.18. The summed E-state index contributed by atoms with van der Waals surface area (Å²) in [5, 5.41) is 8.09. The van der Waals surface area contributed by atoms with Gasteiger partial charge >= 0.3 is 6.16 Å². The van der Waals surface area contributed by atoms with Crippen molar-refractivity contribution in [3.05, 3.63) is 0 Å². The molecule has 0 aliphatic carbocycles. The van der Waals surface area contributed by atoms with Gasteiger partial charge in [-0.3, -0.25) is 0 Å². The Morgan fingerprint density at radius 1 is 1.46 bits per heavy atom. The van der Waals surface area contributed by atoms with Gasteiger partial charge in [-0.1, -0.05) is 13.3 Å². The van der Waals surface area contributed by atoms with E-state index in [9.17, 15) is 4.79 Å². The maximum atomic E-state index is 9.89. The molecular weight excluding hydrogens is 176 g/mol. The zero-order valence-electron chi connectivity index (χ0n) is 8.20. The zero-order chi connectivity index (χ0) is 10.3. The molecular formula is C8H16O5. The molecule has 0 saturated heterocycles. The van der Waals surface area contributed by atoms with Crippen LogP contribution in [0.25, 0.3) is 0 Å². The number of rotatable bonds is 6. The van der Waals surface area contributed by atoms with E-state index in [1.54, 1.807) is 0 Å². The van der Waals surface area contributed by atoms with Crippen LogP contribution < -0.4 is 0 Å². The molecule has 1 N–H and O–H groups in total. The summed E-state index contributed by atoms with van der Waals surface area (Å²) in [5.41, 5.74) is -0.406. The van der Waals surface area contributed by atoms with E-state index in [0.717, 1.165) is 12.8 Å². The highest BCUT2D eigenvalue weighted by Crippen LogP contribution is 2.16. The Kier molecular flexibility index (Phi) is 5.41. The maximum Gasteiger partial charge on any atom is 0.507 e. The molecule has 78 valence electrons. The Labute approximate surface area is 77.5 Å². The second kappa shape index (κ2) is 5.77. The average Bonchev–Trinajstić information content (AvgIpc) is 1.98. The first-order valence-corrected chi connectivity index (χ1v) is 4.14. The number of hydrogen-bond donors (Lipinski definition) is 1. The van der Waals surface area contributed by atoms with Crippen molar-refractivity contribution in [2.75, 3.05) is 6.79 Å². The Hall–Kier alpha value is -0.810. The first-order chi connectivity index (χ1) is 5.98. The van der Waals surface area contributed by atoms with Gasteiger partial charge in [-0.25, -0.2) is 9.68 Å². The average molecular weight is 192 g/mol. The predicted molar refractivity (Wildman–Crippen MR) is 45.1 cm³/mol. The van der Waals surface area contributed by atoms with Crippen LogP contribution in [0.4, 0.5) is 4.79 Å². The topological polar surface area (TPSA) is 65.0 Å². The van der Waals surface area contributed by atoms with Crippen molar-refractivity contribution in [1.29, 1.82) is 0 Å². The van der Waals surface area contributed by atoms with Crippen LogP contribution >= 0.6 is 0 Å². The minimum Gasteiger partial charge on any atom is -0.450 e. The van der Waals surface area contributed by atoms with Gasteiger partial charge in [-0.2, -0.15) is 4.89 Å². The van der Waals surface area contributed by atoms with Crippen LogP contribution in [0.15, 0.2) is 0 Å². The molecule has 0 unspecified atom stereocenters. The van der Waals surface area contributed by atoms with Gasteiger partial charge < -0.3 is 9.84 Å². The fraction of sp³-hybridized carbons (Fsp3) is 0.875. The molecule has 0 aromatic carbocycles. The van der Waals surface area contributed by atoms with Gasteiger partial charge in [0.25, 0.3) is 0 Å². The van der Waals surface area contributed by atoms with Gasteiger partial charge in [0.15, 0.2) is 0 Å². The molecule has 0 aliphatic rings. The summed E-state index contributed by atoms with van der Waals surface area (Å²) in [6.45, 7) is 5.34. The van der Waals surface area contributed by atoms with Crippen molar-refractivity contribution in [1.82, 2.24) is 0 Å². The molecule has 0 amide bonds. The standard InChI is InChI=1S/C8H16O5/c1-4-5-8(2,3)13-12-6-11-7(9)10/h4-6H2,1-3H3,(H,9,10). The monoisotopic (exact) mass is 192 g/mol. The van der Waals surface area contributed by atoms with E-state index < -0.39 is 18.5 Å². The van der Waals surface area contributed by atoms with Gasteiger partial charge in [0.2, 0.25) is 6.79 Å². The van der Waals surface area contributed by atoms with E-state index in [2.05, 4.69) is 9.62 Å². The first-order valence-electron chi connectivity index (χ1n) is 4.14. The number of ether oxygens (including phenoxy) is 1. The van der Waals surface area contributed by atoms with Crippen LogP contribution in [-0.4, -0.2) is 23.7 Å². The molecule has 0 bridgehead atoms. The molecule has 0 aromatic heterocycles. The summed E-state index contributed by atoms with van der Waals surface area (Å²) in [6.07, 6.45) is 0.424. The molecule has 0 radical (unpaired) electrons. The van der Waals surface area contributed by atoms with Crippen molar-refractivity contribution in [2.24, 2.45) is 0 Å². The maximum absolute atomic E-state index is 9.89. The highest BCUT2D eigenvalue weighted by atomic mass is 17.2. The van der Waals surface area contributed by atoms with Crippen molar-refractivity contribution in [3.8, 4) is 0 Å². The van der Waals surface area contributed by atoms with Crippen molar-refractivity contribution in [3.63, 3.8) is 0 Å². The highest BCUT2D eigenvalue weighted by molar-refractivity contribution is 5.56. The first kappa shape index (κ1) is 12.2. The molecule has 0 saturated carbocycles. The van der Waals surface area contributed by atoms with E-state index in [1.807, 2.05) is 20.8 Å². The van der Waals surface area contributed by atoms with Crippen LogP contribution in [0.3, 0.4) is 0 Å². The smallest absolute Gasteiger partial charge is 0.450 e. The molecule has 0 rings (SSSR count). The third-order valence-corrected chi connectivity index (χ3v) is 1.37. The van der Waals surface area contributed by atoms with E-state index in [-0.39, 0.29) is 0 Å². The van der Waals surface area contributed by atoms with E-state index in [0.29, 0.717) is 0 Å². The Bertz CT molecular complexity index is 155. The Morgan fingerprint density at radius 3 is 2.54 bits per heavy atom. The SMILES string of the molecule is CCCC(C)(C)OOCOC(=O)O. The summed E-state index contributed by atoms with van der Waals surface area (Å²) in [6, 6.07) is 0. The molecule has 5 heteroatoms. The zero-order valence-corrected chi connectivity index (χ0v) is 8.20. The van der Waals surface area contributed by atoms with E-state index >= 15 is 0 Å². The van der Waals surface area contributed by atoms with E-state index in [4.69, 9.17) is 9.99 Å². The van der Waals surface area contributed by atoms with Gasteiger partial charge in [-0.15, -0.1) is 0 Å². The second-order valence-corrected chi connectivity index (χ2v) is 3.24. The molecule has 13 heavy (non-hydrogen) atoms. The molecule has 0 atom stereocenters. The Balaban J connectivity index is 3.45. The van der Waals surface area contributed by atoms with Crippen LogP contribution in [0, 0.1) is 0 Å². The fourth-order valence-electron chi connectivity index (χ4n) is 0.902. The summed E-state index contributed by atoms with van der Waals surface area (Å²) in [7, 11) is 0. The predicted octanol–water partition coefficient (Wildman–Crippen LogP) is 2.17. The lowest BCUT2D eigenvalue weighted by atomic mass is 10.0. The molecule has 0 fully saturated rings. The molecule has 0 aliphatic heterocycles. The normalized spacial score (nSPS) is 11.3. The lowest BCUT2D eigenvalue weighted by Crippen LogP contribution is -2.25. The van der Waals surface area contributed by atoms with E-state index in [1.165, 1.54) is 0 Å². The molecule has 0 spiro atoms. The Morgan fingerprint density at radius 2 is 2.08 bits per heavy atom. The summed E-state index contributed by atoms with van der Waals surface area (Å²) < 4.78 is 4.08. The third kappa shape index (κ3) is 7.55. The minimum atomic E-state index is -1.38. The number of carbonyl (C=O) groups is 1. The van der Waals surface area contributed by atoms with Gasteiger partial charge in [0, 0.05) is 0 Å². The molecule has 0 aromatic rings. The summed E-state index contributed by atoms with van der Waals surface area (Å²) in [4.78, 5) is 19.4. The van der Waals surface area contributed by atoms with Crippen LogP contribution in [0.1, 0.15) is 33.6 Å².